The molecule has 1 amide bonds. The molecule has 3 unspecified atom stereocenters. The summed E-state index contributed by atoms with van der Waals surface area (Å²) in [6, 6.07) is 14.7. The zero-order chi connectivity index (χ0) is 66.0. The van der Waals surface area contributed by atoms with Crippen LogP contribution in [0.25, 0.3) is 0 Å². The van der Waals surface area contributed by atoms with Gasteiger partial charge in [0.15, 0.2) is 11.4 Å². The van der Waals surface area contributed by atoms with Crippen LogP contribution in [0.4, 0.5) is 4.79 Å². The number of carbonyl (C=O) groups excluding carboxylic acids is 6. The van der Waals surface area contributed by atoms with Gasteiger partial charge in [-0.05, 0) is 161 Å². The van der Waals surface area contributed by atoms with E-state index >= 15 is 9.59 Å². The molecular weight excluding hydrogens is 1160 g/mol. The van der Waals surface area contributed by atoms with Crippen LogP contribution >= 0.6 is 0 Å². The Morgan fingerprint density at radius 3 is 2.21 bits per heavy atom. The second-order valence-corrected chi connectivity index (χ2v) is 30.7. The zero-order valence-electron chi connectivity index (χ0n) is 55.8. The number of nitrogens with one attached hydrogen (secondary N) is 1. The highest BCUT2D eigenvalue weighted by Gasteiger charge is 2.78. The molecule has 0 spiro atoms. The average Bonchev–Trinajstić information content (AvgIpc) is 0.983. The summed E-state index contributed by atoms with van der Waals surface area (Å²) < 4.78 is 43.1. The first-order valence-corrected chi connectivity index (χ1v) is 33.5. The second-order valence-electron chi connectivity index (χ2n) is 30.7. The number of esters is 4. The molecule has 8 aliphatic rings. The van der Waals surface area contributed by atoms with Crippen LogP contribution in [0.15, 0.2) is 83.5 Å². The maximum Gasteiger partial charge on any atom is 0.408 e. The number of fused-ring (bicyclic) bond motifs is 10. The number of allylic oxidation sites excluding steroid dienone is 1. The van der Waals surface area contributed by atoms with Crippen LogP contribution in [-0.2, 0) is 52.3 Å². The Bertz CT molecular complexity index is 3210. The normalized spacial score (nSPS) is 36.4. The van der Waals surface area contributed by atoms with Crippen molar-refractivity contribution >= 4 is 35.8 Å². The van der Waals surface area contributed by atoms with Crippen molar-refractivity contribution in [3.63, 3.8) is 0 Å². The molecule has 7 aliphatic carbocycles. The molecule has 1 saturated heterocycles. The first kappa shape index (κ1) is 68.0. The van der Waals surface area contributed by atoms with Gasteiger partial charge in [-0.3, -0.25) is 9.59 Å². The molecule has 496 valence electrons. The standard InChI is InChI=1S/C74H99NO16/c1-42(2)22-20-23-43(3)51-31-32-52-50-30-29-48-38-49(33-35-70(48,11)53(50)34-36-71(51,52)12)85-37-21-28-57(78)88-61(59(46-24-16-14-17-25-46)75-67(83)91-68(6,7)8)66(82)87-54-40-74(84)64(89-65(81)47-26-18-15-19-27-47)62-72(13,63(80)60(79)58(44(54)4)69(74,9)10)55(77)39-56-73(62,41-86-56)90-45(5)76/h14-19,24-27,29,42-43,49-56,59-62,64,77,79,84H,20,22-23,30-41H2,1-13H3,(H,75,83)/t43-,49+,50?,51-,52?,53?,54+,55+,56-,59+,60-,61-,62+,64+,70+,71-,72-,73+,74-/m1/s1. The SMILES string of the molecule is CC(=O)O[C@@]12CO[C@@H]1C[C@H](O)[C@@]1(C)C(=O)[C@H](O)C3=C(C)[C@@H](OC(=O)[C@H](OC(=O)C#CCO[C@H]4CC[C@@]5(C)C(=CCC6C5CC[C@@]5(C)C6CC[C@@H]5[C@H](C)CCCC(C)C)C4)[C@@H](NC(=O)OC(C)(C)C)c4ccccc4)C[C@@](O)([C@@H](OC(=O)c4ccccc4)[C@H]21)C3(C)C. The summed E-state index contributed by atoms with van der Waals surface area (Å²) in [5.41, 5.74) is -6.71. The second kappa shape index (κ2) is 25.8. The molecule has 2 aromatic carbocycles. The van der Waals surface area contributed by atoms with Gasteiger partial charge in [0.2, 0.25) is 6.10 Å². The van der Waals surface area contributed by atoms with E-state index in [0.717, 1.165) is 56.3 Å². The molecule has 4 N–H and O–H groups in total. The van der Waals surface area contributed by atoms with Crippen molar-refractivity contribution in [1.29, 1.82) is 0 Å². The highest BCUT2D eigenvalue weighted by molar-refractivity contribution is 5.94. The van der Waals surface area contributed by atoms with Crippen LogP contribution in [0.3, 0.4) is 0 Å². The summed E-state index contributed by atoms with van der Waals surface area (Å²) in [6.45, 7) is 24.0. The van der Waals surface area contributed by atoms with Crippen molar-refractivity contribution in [2.75, 3.05) is 13.2 Å². The Labute approximate surface area is 537 Å². The van der Waals surface area contributed by atoms with Crippen LogP contribution in [0.1, 0.15) is 195 Å². The monoisotopic (exact) mass is 1260 g/mol. The van der Waals surface area contributed by atoms with E-state index in [1.807, 2.05) is 0 Å². The van der Waals surface area contributed by atoms with Gasteiger partial charge in [0, 0.05) is 31.1 Å². The van der Waals surface area contributed by atoms with E-state index in [9.17, 15) is 34.5 Å². The lowest BCUT2D eigenvalue weighted by molar-refractivity contribution is -0.346. The Balaban J connectivity index is 0.922. The molecule has 0 radical (unpaired) electrons. The minimum Gasteiger partial charge on any atom is -0.455 e. The third-order valence-electron chi connectivity index (χ3n) is 23.6. The summed E-state index contributed by atoms with van der Waals surface area (Å²) in [7, 11) is 0. The molecule has 91 heavy (non-hydrogen) atoms. The van der Waals surface area contributed by atoms with E-state index in [-0.39, 0.29) is 47.9 Å². The van der Waals surface area contributed by atoms with Gasteiger partial charge in [0.05, 0.1) is 35.7 Å². The van der Waals surface area contributed by atoms with Crippen molar-refractivity contribution in [2.45, 2.75) is 239 Å². The largest absolute Gasteiger partial charge is 0.455 e. The Morgan fingerprint density at radius 2 is 1.56 bits per heavy atom. The van der Waals surface area contributed by atoms with Crippen LogP contribution in [0.2, 0.25) is 0 Å². The van der Waals surface area contributed by atoms with Gasteiger partial charge in [-0.25, -0.2) is 19.2 Å². The number of ether oxygens (including phenoxy) is 7. The van der Waals surface area contributed by atoms with Gasteiger partial charge < -0.3 is 53.8 Å². The molecule has 5 saturated carbocycles. The number of carbonyl (C=O) groups is 6. The zero-order valence-corrected chi connectivity index (χ0v) is 55.8. The summed E-state index contributed by atoms with van der Waals surface area (Å²) in [5, 5.41) is 41.4. The van der Waals surface area contributed by atoms with Crippen LogP contribution in [0.5, 0.6) is 0 Å². The van der Waals surface area contributed by atoms with E-state index in [4.69, 9.17) is 33.2 Å². The molecule has 17 nitrogen and oxygen atoms in total. The van der Waals surface area contributed by atoms with Crippen LogP contribution in [-0.4, -0.2) is 124 Å². The fraction of sp³-hybridized carbons (Fsp3) is 0.676. The fourth-order valence-corrected chi connectivity index (χ4v) is 18.9. The van der Waals surface area contributed by atoms with E-state index in [0.29, 0.717) is 22.8 Å². The molecule has 1 aliphatic heterocycles. The molecule has 0 aromatic heterocycles. The summed E-state index contributed by atoms with van der Waals surface area (Å²) in [4.78, 5) is 86.7. The molecule has 6 fully saturated rings. The van der Waals surface area contributed by atoms with Crippen molar-refractivity contribution in [3.8, 4) is 11.8 Å². The first-order chi connectivity index (χ1) is 42.8. The Kier molecular flexibility index (Phi) is 19.3. The minimum absolute atomic E-state index is 0.0606. The first-order valence-electron chi connectivity index (χ1n) is 33.5. The maximum atomic E-state index is 15.4. The number of aliphatic hydroxyl groups excluding tert-OH is 2. The number of amides is 1. The number of benzene rings is 2. The predicted octanol–water partition coefficient (Wildman–Crippen LogP) is 11.2. The van der Waals surface area contributed by atoms with E-state index < -0.39 is 118 Å². The summed E-state index contributed by atoms with van der Waals surface area (Å²) in [6.07, 6.45) is 3.35. The summed E-state index contributed by atoms with van der Waals surface area (Å²) in [5.74, 6) is 3.04. The van der Waals surface area contributed by atoms with Crippen LogP contribution in [0, 0.1) is 74.9 Å². The quantitative estimate of drug-likeness (QED) is 0.0402. The molecule has 10 rings (SSSR count). The molecule has 2 aromatic rings. The Hall–Kier alpha value is -5.90. The molecular formula is C74H99NO16. The number of hydrogen-bond donors (Lipinski definition) is 4. The van der Waals surface area contributed by atoms with Crippen molar-refractivity contribution in [2.24, 2.45) is 63.1 Å². The lowest BCUT2D eigenvalue weighted by Crippen LogP contribution is -2.81. The highest BCUT2D eigenvalue weighted by Crippen LogP contribution is 2.68. The minimum atomic E-state index is -2.45. The van der Waals surface area contributed by atoms with Gasteiger partial charge in [0.25, 0.3) is 0 Å². The number of hydrogen-bond acceptors (Lipinski definition) is 16. The molecule has 19 atom stereocenters. The van der Waals surface area contributed by atoms with Crippen molar-refractivity contribution in [1.82, 2.24) is 5.32 Å². The van der Waals surface area contributed by atoms with Gasteiger partial charge in [-0.2, -0.15) is 0 Å². The third kappa shape index (κ3) is 12.5. The van der Waals surface area contributed by atoms with E-state index in [1.165, 1.54) is 76.5 Å². The number of rotatable bonds is 16. The number of ketones is 1. The van der Waals surface area contributed by atoms with E-state index in [1.54, 1.807) is 83.1 Å². The third-order valence-corrected chi connectivity index (χ3v) is 23.6. The highest BCUT2D eigenvalue weighted by atomic mass is 16.6. The van der Waals surface area contributed by atoms with Gasteiger partial charge in [-0.1, -0.05) is 134 Å². The van der Waals surface area contributed by atoms with Gasteiger partial charge >= 0.3 is 30.0 Å². The van der Waals surface area contributed by atoms with Gasteiger partial charge in [0.1, 0.15) is 48.3 Å². The summed E-state index contributed by atoms with van der Waals surface area (Å²) >= 11 is 0. The van der Waals surface area contributed by atoms with Crippen LogP contribution < -0.4 is 5.32 Å². The van der Waals surface area contributed by atoms with Crippen molar-refractivity contribution in [3.05, 3.63) is 94.6 Å². The number of Topliss-reactive ketones (excluding diaryl/α,β-unsaturated/α-hetero) is 1. The van der Waals surface area contributed by atoms with E-state index in [2.05, 4.69) is 57.9 Å². The molecule has 17 heteroatoms. The number of aliphatic hydroxyl groups is 3. The van der Waals surface area contributed by atoms with Gasteiger partial charge in [-0.15, -0.1) is 0 Å². The maximum absolute atomic E-state index is 15.4. The average molecular weight is 1260 g/mol. The number of alkyl carbamates (subject to hydrolysis) is 1. The lowest BCUT2D eigenvalue weighted by atomic mass is 9.44. The smallest absolute Gasteiger partial charge is 0.408 e. The topological polar surface area (TPSA) is 240 Å². The molecule has 1 heterocycles. The lowest BCUT2D eigenvalue weighted by Gasteiger charge is -2.67. The predicted molar refractivity (Wildman–Crippen MR) is 338 cm³/mol. The van der Waals surface area contributed by atoms with Crippen molar-refractivity contribution < 1.29 is 77.2 Å². The fourth-order valence-electron chi connectivity index (χ4n) is 18.9. The molecule has 2 bridgehead atoms. The Morgan fingerprint density at radius 1 is 0.868 bits per heavy atom.